The van der Waals surface area contributed by atoms with Crippen LogP contribution >= 0.6 is 0 Å². The molecule has 0 radical (unpaired) electrons. The third kappa shape index (κ3) is 3.52. The van der Waals surface area contributed by atoms with E-state index in [1.54, 1.807) is 17.3 Å². The Morgan fingerprint density at radius 3 is 2.96 bits per heavy atom. The summed E-state index contributed by atoms with van der Waals surface area (Å²) in [7, 11) is 0. The summed E-state index contributed by atoms with van der Waals surface area (Å²) in [5.74, 6) is 0.871. The lowest BCUT2D eigenvalue weighted by molar-refractivity contribution is -0.0422. The number of morpholine rings is 1. The molecule has 1 aliphatic rings. The van der Waals surface area contributed by atoms with E-state index in [4.69, 9.17) is 9.26 Å². The zero-order chi connectivity index (χ0) is 16.2. The Kier molecular flexibility index (Phi) is 4.35. The van der Waals surface area contributed by atoms with Crippen LogP contribution in [-0.2, 0) is 17.8 Å². The van der Waals surface area contributed by atoms with Crippen LogP contribution in [0.4, 0.5) is 0 Å². The molecule has 1 aliphatic heterocycles. The minimum absolute atomic E-state index is 0.108. The van der Waals surface area contributed by atoms with Gasteiger partial charge in [0, 0.05) is 24.7 Å². The summed E-state index contributed by atoms with van der Waals surface area (Å²) in [6.45, 7) is 3.87. The lowest BCUT2D eigenvalue weighted by Gasteiger charge is -2.32. The van der Waals surface area contributed by atoms with Gasteiger partial charge in [-0.25, -0.2) is 4.98 Å². The molecular formula is C17H19N5O2. The molecule has 1 saturated heterocycles. The summed E-state index contributed by atoms with van der Waals surface area (Å²) in [5, 5.41) is 8.31. The highest BCUT2D eigenvalue weighted by Crippen LogP contribution is 2.20. The fourth-order valence-corrected chi connectivity index (χ4v) is 2.92. The second kappa shape index (κ2) is 6.94. The quantitative estimate of drug-likeness (QED) is 0.713. The molecule has 1 aromatic carbocycles. The Bertz CT molecular complexity index is 756. The Balaban J connectivity index is 1.37. The van der Waals surface area contributed by atoms with Gasteiger partial charge in [0.2, 0.25) is 0 Å². The van der Waals surface area contributed by atoms with Crippen LogP contribution in [0.5, 0.6) is 0 Å². The van der Waals surface area contributed by atoms with Crippen molar-refractivity contribution in [3.05, 3.63) is 54.8 Å². The van der Waals surface area contributed by atoms with Gasteiger partial charge in [0.25, 0.3) is 0 Å². The second-order valence-corrected chi connectivity index (χ2v) is 5.89. The third-order valence-electron chi connectivity index (χ3n) is 4.09. The van der Waals surface area contributed by atoms with Crippen molar-refractivity contribution in [1.29, 1.82) is 0 Å². The van der Waals surface area contributed by atoms with E-state index in [9.17, 15) is 0 Å². The maximum atomic E-state index is 5.82. The van der Waals surface area contributed by atoms with Crippen LogP contribution in [0.15, 0.2) is 53.6 Å². The smallest absolute Gasteiger partial charge is 0.151 e. The van der Waals surface area contributed by atoms with Gasteiger partial charge in [0.15, 0.2) is 5.76 Å². The molecule has 3 aromatic rings. The van der Waals surface area contributed by atoms with Crippen LogP contribution < -0.4 is 0 Å². The number of rotatable bonds is 5. The molecule has 3 heterocycles. The first kappa shape index (κ1) is 15.0. The van der Waals surface area contributed by atoms with Gasteiger partial charge in [-0.3, -0.25) is 9.58 Å². The monoisotopic (exact) mass is 325 g/mol. The van der Waals surface area contributed by atoms with E-state index >= 15 is 0 Å². The molecule has 2 aromatic heterocycles. The molecule has 0 N–H and O–H groups in total. The topological polar surface area (TPSA) is 69.2 Å². The number of nitrogens with zero attached hydrogens (tertiary/aromatic N) is 5. The molecule has 7 heteroatoms. The van der Waals surface area contributed by atoms with E-state index < -0.39 is 0 Å². The predicted octanol–water partition coefficient (Wildman–Crippen LogP) is 1.83. The first-order chi connectivity index (χ1) is 11.9. The summed E-state index contributed by atoms with van der Waals surface area (Å²) in [5.41, 5.74) is 1.94. The van der Waals surface area contributed by atoms with Crippen LogP contribution in [0.3, 0.4) is 0 Å². The van der Waals surface area contributed by atoms with E-state index in [0.717, 1.165) is 36.7 Å². The van der Waals surface area contributed by atoms with Crippen LogP contribution in [0.25, 0.3) is 11.3 Å². The standard InChI is InChI=1S/C17H19N5O2/c1-2-4-14(5-3-1)17-8-15(24-20-17)9-21-6-7-23-16(10-21)11-22-13-18-12-19-22/h1-5,8,12-13,16H,6-7,9-11H2. The summed E-state index contributed by atoms with van der Waals surface area (Å²) >= 11 is 0. The van der Waals surface area contributed by atoms with Crippen LogP contribution in [0.1, 0.15) is 5.76 Å². The highest BCUT2D eigenvalue weighted by Gasteiger charge is 2.22. The van der Waals surface area contributed by atoms with Crippen molar-refractivity contribution in [3.63, 3.8) is 0 Å². The SMILES string of the molecule is c1ccc(-c2cc(CN3CCOC(Cn4cncn4)C3)on2)cc1. The molecule has 7 nitrogen and oxygen atoms in total. The molecule has 124 valence electrons. The average molecular weight is 325 g/mol. The van der Waals surface area contributed by atoms with E-state index in [1.807, 2.05) is 36.4 Å². The van der Waals surface area contributed by atoms with Crippen molar-refractivity contribution in [1.82, 2.24) is 24.8 Å². The molecule has 0 amide bonds. The Hall–Kier alpha value is -2.51. The van der Waals surface area contributed by atoms with Gasteiger partial charge in [0.05, 0.1) is 25.8 Å². The van der Waals surface area contributed by atoms with Crippen LogP contribution in [-0.4, -0.2) is 50.6 Å². The predicted molar refractivity (Wildman–Crippen MR) is 87.0 cm³/mol. The molecule has 0 bridgehead atoms. The number of aromatic nitrogens is 4. The van der Waals surface area contributed by atoms with Crippen LogP contribution in [0, 0.1) is 0 Å². The molecule has 24 heavy (non-hydrogen) atoms. The molecular weight excluding hydrogens is 306 g/mol. The van der Waals surface area contributed by atoms with Gasteiger partial charge in [-0.05, 0) is 0 Å². The molecule has 4 rings (SSSR count). The molecule has 1 atom stereocenters. The molecule has 0 saturated carbocycles. The maximum absolute atomic E-state index is 5.82. The van der Waals surface area contributed by atoms with Gasteiger partial charge < -0.3 is 9.26 Å². The van der Waals surface area contributed by atoms with Crippen molar-refractivity contribution in [2.75, 3.05) is 19.7 Å². The van der Waals surface area contributed by atoms with Crippen molar-refractivity contribution < 1.29 is 9.26 Å². The van der Waals surface area contributed by atoms with Crippen LogP contribution in [0.2, 0.25) is 0 Å². The van der Waals surface area contributed by atoms with E-state index in [2.05, 4.69) is 20.1 Å². The minimum Gasteiger partial charge on any atom is -0.374 e. The fourth-order valence-electron chi connectivity index (χ4n) is 2.92. The number of hydrogen-bond donors (Lipinski definition) is 0. The maximum Gasteiger partial charge on any atom is 0.151 e. The largest absolute Gasteiger partial charge is 0.374 e. The number of hydrogen-bond acceptors (Lipinski definition) is 6. The number of benzene rings is 1. The summed E-state index contributed by atoms with van der Waals surface area (Å²) < 4.78 is 13.1. The highest BCUT2D eigenvalue weighted by molar-refractivity contribution is 5.58. The van der Waals surface area contributed by atoms with Crippen molar-refractivity contribution in [2.45, 2.75) is 19.2 Å². The summed E-state index contributed by atoms with van der Waals surface area (Å²) in [4.78, 5) is 6.29. The number of ether oxygens (including phenoxy) is 1. The fraction of sp³-hybridized carbons (Fsp3) is 0.353. The summed E-state index contributed by atoms with van der Waals surface area (Å²) in [6.07, 6.45) is 3.36. The van der Waals surface area contributed by atoms with E-state index in [0.29, 0.717) is 13.2 Å². The normalized spacial score (nSPS) is 18.8. The van der Waals surface area contributed by atoms with Gasteiger partial charge in [0.1, 0.15) is 18.3 Å². The lowest BCUT2D eigenvalue weighted by Crippen LogP contribution is -2.43. The van der Waals surface area contributed by atoms with Gasteiger partial charge in [-0.15, -0.1) is 0 Å². The minimum atomic E-state index is 0.108. The third-order valence-corrected chi connectivity index (χ3v) is 4.09. The lowest BCUT2D eigenvalue weighted by atomic mass is 10.1. The Morgan fingerprint density at radius 2 is 2.12 bits per heavy atom. The first-order valence-electron chi connectivity index (χ1n) is 8.04. The van der Waals surface area contributed by atoms with Crippen molar-refractivity contribution in [2.24, 2.45) is 0 Å². The summed E-state index contributed by atoms with van der Waals surface area (Å²) in [6, 6.07) is 12.1. The van der Waals surface area contributed by atoms with Gasteiger partial charge >= 0.3 is 0 Å². The second-order valence-electron chi connectivity index (χ2n) is 5.89. The molecule has 1 fully saturated rings. The highest BCUT2D eigenvalue weighted by atomic mass is 16.5. The van der Waals surface area contributed by atoms with Crippen molar-refractivity contribution >= 4 is 0 Å². The van der Waals surface area contributed by atoms with E-state index in [1.165, 1.54) is 0 Å². The van der Waals surface area contributed by atoms with Crippen molar-refractivity contribution in [3.8, 4) is 11.3 Å². The molecule has 1 unspecified atom stereocenters. The van der Waals surface area contributed by atoms with E-state index in [-0.39, 0.29) is 6.10 Å². The van der Waals surface area contributed by atoms with Gasteiger partial charge in [-0.1, -0.05) is 35.5 Å². The Morgan fingerprint density at radius 1 is 1.21 bits per heavy atom. The molecule has 0 aliphatic carbocycles. The van der Waals surface area contributed by atoms with Gasteiger partial charge in [-0.2, -0.15) is 5.10 Å². The zero-order valence-corrected chi connectivity index (χ0v) is 13.3. The zero-order valence-electron chi connectivity index (χ0n) is 13.3. The average Bonchev–Trinajstić information content (AvgIpc) is 3.28. The Labute approximate surface area is 139 Å². The molecule has 0 spiro atoms. The first-order valence-corrected chi connectivity index (χ1v) is 8.04.